The molecule has 1 aliphatic rings. The molecule has 0 bridgehead atoms. The van der Waals surface area contributed by atoms with Crippen LogP contribution in [0.2, 0.25) is 0 Å². The number of carbonyl (C=O) groups excluding carboxylic acids is 2. The number of ether oxygens (including phenoxy) is 2. The van der Waals surface area contributed by atoms with Gasteiger partial charge in [-0.3, -0.25) is 28.8 Å². The second-order valence-electron chi connectivity index (χ2n) is 11.9. The van der Waals surface area contributed by atoms with E-state index in [-0.39, 0.29) is 65.1 Å². The van der Waals surface area contributed by atoms with Crippen molar-refractivity contribution in [2.75, 3.05) is 27.4 Å². The molecule has 0 fully saturated rings. The van der Waals surface area contributed by atoms with Gasteiger partial charge in [0.15, 0.2) is 30.1 Å². The van der Waals surface area contributed by atoms with E-state index in [0.717, 1.165) is 21.5 Å². The molecule has 18 heteroatoms. The van der Waals surface area contributed by atoms with E-state index in [2.05, 4.69) is 10.2 Å². The highest BCUT2D eigenvalue weighted by molar-refractivity contribution is 6.26. The van der Waals surface area contributed by atoms with Crippen LogP contribution in [0.3, 0.4) is 0 Å². The second kappa shape index (κ2) is 13.4. The largest absolute Gasteiger partial charge is 0.633 e. The van der Waals surface area contributed by atoms with Crippen LogP contribution in [0, 0.1) is 10.4 Å². The van der Waals surface area contributed by atoms with Gasteiger partial charge in [-0.1, -0.05) is 52.1 Å². The van der Waals surface area contributed by atoms with Crippen molar-refractivity contribution >= 4 is 33.4 Å². The highest BCUT2D eigenvalue weighted by Crippen LogP contribution is 2.25. The van der Waals surface area contributed by atoms with Crippen LogP contribution in [-0.2, 0) is 18.0 Å². The van der Waals surface area contributed by atoms with Crippen LogP contribution < -0.4 is 31.4 Å². The zero-order valence-electron chi connectivity index (χ0n) is 27.1. The van der Waals surface area contributed by atoms with E-state index in [1.807, 2.05) is 18.2 Å². The first-order chi connectivity index (χ1) is 24.3. The lowest BCUT2D eigenvalue weighted by molar-refractivity contribution is -0.840. The summed E-state index contributed by atoms with van der Waals surface area (Å²) in [6.45, 7) is -0.134. The highest BCUT2D eigenvalue weighted by atomic mass is 16.7. The number of quaternary nitrogens is 1. The Kier molecular flexibility index (Phi) is 9.05. The molecule has 0 spiro atoms. The molecule has 2 heterocycles. The van der Waals surface area contributed by atoms with Crippen molar-refractivity contribution in [3.8, 4) is 5.75 Å². The van der Waals surface area contributed by atoms with Crippen molar-refractivity contribution in [1.29, 1.82) is 0 Å². The number of benzene rings is 4. The molecule has 0 radical (unpaired) electrons. The Balaban J connectivity index is 0.000000176. The zero-order valence-corrected chi connectivity index (χ0v) is 27.1. The smallest absolute Gasteiger partial charge is 0.220 e. The molecule has 2 N–H and O–H groups in total. The molecule has 0 aliphatic heterocycles. The SMILES string of the molecule is C[N+](C)([O-])CCCn1c2c(=O)c3c(=O)ccc(=O)c3c(=O)c2[nH]n1O.O=C1c2ccccc2C(=O)c2c1n[n+]([O-])n2COCOc1ccccc1. The summed E-state index contributed by atoms with van der Waals surface area (Å²) in [5.74, 6) is -0.292. The normalized spacial score (nSPS) is 12.5. The fourth-order valence-corrected chi connectivity index (χ4v) is 5.66. The van der Waals surface area contributed by atoms with Crippen molar-refractivity contribution in [2.24, 2.45) is 0 Å². The number of ketones is 2. The molecule has 0 amide bonds. The number of hydroxylamine groups is 3. The van der Waals surface area contributed by atoms with Crippen LogP contribution in [0.1, 0.15) is 38.5 Å². The Morgan fingerprint density at radius 2 is 1.47 bits per heavy atom. The van der Waals surface area contributed by atoms with Crippen LogP contribution in [0.4, 0.5) is 0 Å². The minimum absolute atomic E-state index is 0.0614. The fraction of sp³-hybridized carbons (Fsp3) is 0.212. The molecule has 51 heavy (non-hydrogen) atoms. The minimum Gasteiger partial charge on any atom is -0.633 e. The second-order valence-corrected chi connectivity index (χ2v) is 11.9. The lowest BCUT2D eigenvalue weighted by atomic mass is 9.90. The number of H-pyrrole nitrogens is 1. The zero-order chi connectivity index (χ0) is 36.6. The molecular formula is C33H29N7O11. The molecule has 0 atom stereocenters. The Morgan fingerprint density at radius 1 is 0.863 bits per heavy atom. The van der Waals surface area contributed by atoms with Gasteiger partial charge >= 0.3 is 0 Å². The van der Waals surface area contributed by atoms with Gasteiger partial charge < -0.3 is 29.7 Å². The van der Waals surface area contributed by atoms with Crippen LogP contribution in [0.15, 0.2) is 85.9 Å². The summed E-state index contributed by atoms with van der Waals surface area (Å²) in [6, 6.07) is 17.3. The number of rotatable bonds is 9. The number of hydrogen-bond donors (Lipinski definition) is 2. The molecule has 262 valence electrons. The summed E-state index contributed by atoms with van der Waals surface area (Å²) >= 11 is 0. The number of fused-ring (bicyclic) bond motifs is 4. The van der Waals surface area contributed by atoms with Gasteiger partial charge in [-0.15, -0.1) is 0 Å². The molecule has 0 saturated heterocycles. The summed E-state index contributed by atoms with van der Waals surface area (Å²) in [6.07, 6.45) is 0.312. The molecule has 0 unspecified atom stereocenters. The van der Waals surface area contributed by atoms with Crippen molar-refractivity contribution < 1.29 is 33.9 Å². The quantitative estimate of drug-likeness (QED) is 0.0394. The van der Waals surface area contributed by atoms with E-state index < -0.39 is 48.7 Å². The molecule has 7 rings (SSSR count). The first-order valence-electron chi connectivity index (χ1n) is 15.3. The molecular weight excluding hydrogens is 670 g/mol. The molecule has 1 aliphatic carbocycles. The summed E-state index contributed by atoms with van der Waals surface area (Å²) in [4.78, 5) is 74.9. The van der Waals surface area contributed by atoms with E-state index in [1.165, 1.54) is 20.2 Å². The Morgan fingerprint density at radius 3 is 2.12 bits per heavy atom. The highest BCUT2D eigenvalue weighted by Gasteiger charge is 2.39. The lowest BCUT2D eigenvalue weighted by Crippen LogP contribution is -2.42. The average molecular weight is 700 g/mol. The maximum Gasteiger partial charge on any atom is 0.220 e. The van der Waals surface area contributed by atoms with E-state index in [9.17, 15) is 44.4 Å². The van der Waals surface area contributed by atoms with Crippen molar-refractivity contribution in [1.82, 2.24) is 24.5 Å². The van der Waals surface area contributed by atoms with Crippen molar-refractivity contribution in [2.45, 2.75) is 19.7 Å². The summed E-state index contributed by atoms with van der Waals surface area (Å²) in [5.41, 5.74) is -3.34. The van der Waals surface area contributed by atoms with Gasteiger partial charge in [0.25, 0.3) is 0 Å². The monoisotopic (exact) mass is 699 g/mol. The molecule has 6 aromatic rings. The number of hydrogen-bond acceptors (Lipinski definition) is 12. The number of aromatic nitrogens is 6. The van der Waals surface area contributed by atoms with Gasteiger partial charge in [0.2, 0.25) is 28.1 Å². The summed E-state index contributed by atoms with van der Waals surface area (Å²) < 4.78 is 12.2. The maximum atomic E-state index is 12.7. The Labute approximate surface area is 285 Å². The van der Waals surface area contributed by atoms with E-state index in [1.54, 1.807) is 30.3 Å². The molecule has 0 saturated carbocycles. The third kappa shape index (κ3) is 6.48. The average Bonchev–Trinajstić information content (AvgIpc) is 3.62. The predicted octanol–water partition coefficient (Wildman–Crippen LogP) is 0.307. The van der Waals surface area contributed by atoms with E-state index in [4.69, 9.17) is 9.47 Å². The van der Waals surface area contributed by atoms with Gasteiger partial charge in [-0.05, 0) is 24.3 Å². The predicted molar refractivity (Wildman–Crippen MR) is 178 cm³/mol. The molecule has 18 nitrogen and oxygen atoms in total. The van der Waals surface area contributed by atoms with Gasteiger partial charge in [-0.2, -0.15) is 0 Å². The van der Waals surface area contributed by atoms with Crippen LogP contribution in [0.25, 0.3) is 21.8 Å². The number of aryl methyl sites for hydroxylation is 1. The van der Waals surface area contributed by atoms with Gasteiger partial charge in [-0.25, -0.2) is 9.78 Å². The van der Waals surface area contributed by atoms with Gasteiger partial charge in [0, 0.05) is 27.6 Å². The number of carbonyl (C=O) groups is 2. The van der Waals surface area contributed by atoms with Crippen LogP contribution in [-0.4, -0.2) is 73.4 Å². The lowest BCUT2D eigenvalue weighted by Gasteiger charge is -2.33. The first kappa shape index (κ1) is 34.4. The topological polar surface area (TPSA) is 235 Å². The Hall–Kier alpha value is -6.50. The third-order valence-corrected chi connectivity index (χ3v) is 8.01. The molecule has 4 aromatic carbocycles. The maximum absolute atomic E-state index is 12.7. The van der Waals surface area contributed by atoms with Gasteiger partial charge in [0.1, 0.15) is 16.8 Å². The van der Waals surface area contributed by atoms with E-state index >= 15 is 0 Å². The number of aromatic amines is 1. The van der Waals surface area contributed by atoms with Crippen LogP contribution in [0.5, 0.6) is 5.75 Å². The summed E-state index contributed by atoms with van der Waals surface area (Å²) in [7, 11) is 2.91. The number of para-hydroxylation sites is 1. The van der Waals surface area contributed by atoms with Crippen molar-refractivity contribution in [3.05, 3.63) is 141 Å². The third-order valence-electron chi connectivity index (χ3n) is 8.01. The fourth-order valence-electron chi connectivity index (χ4n) is 5.66. The number of nitrogens with zero attached hydrogens (tertiary/aromatic N) is 6. The van der Waals surface area contributed by atoms with E-state index in [0.29, 0.717) is 17.1 Å². The standard InChI is InChI=1S/C18H13N3O5.C15H16N4O6/c22-17-13-8-4-5-9-14(13)18(23)16-15(17)19-21(24)20(16)10-25-11-26-12-6-2-1-3-7-12;1-19(2,25)7-3-6-17-13-12(16-18(17)24)14(22)10-8(20)4-5-9(21)11(10)15(13)23/h1-9H,10-11H2;4-5,16,24H,3,6-7H2,1-2H3. The minimum atomic E-state index is -0.825. The van der Waals surface area contributed by atoms with Crippen LogP contribution >= 0.6 is 0 Å². The van der Waals surface area contributed by atoms with Crippen molar-refractivity contribution in [3.63, 3.8) is 0 Å². The van der Waals surface area contributed by atoms with Gasteiger partial charge in [0.05, 0.1) is 38.0 Å². The number of nitrogens with one attached hydrogen (secondary N) is 1. The summed E-state index contributed by atoms with van der Waals surface area (Å²) in [5, 5.41) is 38.6. The first-order valence-corrected chi connectivity index (χ1v) is 15.3. The molecule has 2 aromatic heterocycles. The Bertz CT molecular complexity index is 2550.